The van der Waals surface area contributed by atoms with Gasteiger partial charge in [-0.1, -0.05) is 0 Å². The number of amides is 1. The first-order valence-electron chi connectivity index (χ1n) is 5.48. The molecule has 0 aliphatic carbocycles. The van der Waals surface area contributed by atoms with Crippen molar-refractivity contribution in [2.45, 2.75) is 6.92 Å². The molecule has 0 fully saturated rings. The van der Waals surface area contributed by atoms with Crippen molar-refractivity contribution >= 4 is 58.8 Å². The highest BCUT2D eigenvalue weighted by atomic mass is 127. The molecule has 1 N–H and O–H groups in total. The molecule has 1 aromatic heterocycles. The number of carbonyl (C=O) groups excluding carboxylic acids is 2. The second-order valence-corrected chi connectivity index (χ2v) is 5.64. The lowest BCUT2D eigenvalue weighted by molar-refractivity contribution is -0.114. The smallest absolute Gasteiger partial charge is 0.355 e. The first-order valence-corrected chi connectivity index (χ1v) is 8.79. The Balaban J connectivity index is 2.66. The van der Waals surface area contributed by atoms with E-state index in [2.05, 4.69) is 5.32 Å². The number of benzene rings is 1. The van der Waals surface area contributed by atoms with E-state index in [1.807, 2.05) is 21.2 Å². The van der Waals surface area contributed by atoms with Crippen LogP contribution in [0.1, 0.15) is 17.4 Å². The van der Waals surface area contributed by atoms with Crippen molar-refractivity contribution in [3.05, 3.63) is 29.7 Å². The van der Waals surface area contributed by atoms with Gasteiger partial charge in [0.1, 0.15) is 11.5 Å². The number of nitrogens with one attached hydrogen (secondary N) is 1. The molecular weight excluding hydrogens is 398 g/mol. The number of rotatable bonds is 3. The maximum Gasteiger partial charge on any atom is 0.355 e. The summed E-state index contributed by atoms with van der Waals surface area (Å²) >= 11 is 2.01. The van der Waals surface area contributed by atoms with Gasteiger partial charge in [-0.15, -0.1) is 0 Å². The molecule has 8 heteroatoms. The number of carbonyl (C=O) groups is 2. The van der Waals surface area contributed by atoms with Crippen molar-refractivity contribution < 1.29 is 18.7 Å². The molecule has 0 aliphatic rings. The van der Waals surface area contributed by atoms with Crippen LogP contribution in [0, 0.1) is 5.82 Å². The number of hydrogen-bond donors (Lipinski definition) is 1. The number of hydrogen-bond acceptors (Lipinski definition) is 4. The van der Waals surface area contributed by atoms with Crippen LogP contribution in [0.2, 0.25) is 0 Å². The number of anilines is 1. The maximum atomic E-state index is 13.9. The summed E-state index contributed by atoms with van der Waals surface area (Å²) in [5.41, 5.74) is 1.00. The molecule has 0 saturated carbocycles. The largest absolute Gasteiger partial charge is 0.464 e. The van der Waals surface area contributed by atoms with Crippen molar-refractivity contribution in [2.75, 3.05) is 12.4 Å². The fraction of sp³-hybridized carbons (Fsp3) is 0.167. The van der Waals surface area contributed by atoms with Gasteiger partial charge in [-0.2, -0.15) is 0 Å². The molecule has 0 bridgehead atoms. The third-order valence-electron chi connectivity index (χ3n) is 2.62. The van der Waals surface area contributed by atoms with Crippen molar-refractivity contribution in [1.29, 1.82) is 0 Å². The molecule has 0 spiro atoms. The van der Waals surface area contributed by atoms with Gasteiger partial charge in [0.2, 0.25) is 5.91 Å². The topological polar surface area (TPSA) is 60.3 Å². The van der Waals surface area contributed by atoms with E-state index in [0.29, 0.717) is 16.6 Å². The van der Waals surface area contributed by atoms with Crippen LogP contribution in [-0.2, 0) is 9.53 Å². The SMILES string of the molecule is COC(=O)c1cc2cc(F)c(NC(C)=O)cc2n1SI. The summed E-state index contributed by atoms with van der Waals surface area (Å²) < 4.78 is 20.2. The first kappa shape index (κ1) is 15.1. The Morgan fingerprint density at radius 1 is 1.40 bits per heavy atom. The summed E-state index contributed by atoms with van der Waals surface area (Å²) in [5, 5.41) is 2.97. The molecular formula is C12H10FIN2O3S. The van der Waals surface area contributed by atoms with Gasteiger partial charge in [-0.3, -0.25) is 8.77 Å². The molecule has 0 unspecified atom stereocenters. The molecule has 106 valence electrons. The summed E-state index contributed by atoms with van der Waals surface area (Å²) in [7, 11) is 2.54. The maximum absolute atomic E-state index is 13.9. The number of fused-ring (bicyclic) bond motifs is 1. The van der Waals surface area contributed by atoms with Crippen LogP contribution in [0.3, 0.4) is 0 Å². The Morgan fingerprint density at radius 2 is 2.10 bits per heavy atom. The predicted octanol–water partition coefficient (Wildman–Crippen LogP) is 3.37. The van der Waals surface area contributed by atoms with Gasteiger partial charge in [0.25, 0.3) is 0 Å². The Kier molecular flexibility index (Phi) is 4.53. The summed E-state index contributed by atoms with van der Waals surface area (Å²) in [4.78, 5) is 22.7. The third kappa shape index (κ3) is 2.75. The fourth-order valence-corrected chi connectivity index (χ4v) is 3.52. The zero-order valence-electron chi connectivity index (χ0n) is 10.6. The van der Waals surface area contributed by atoms with Gasteiger partial charge in [0.15, 0.2) is 0 Å². The summed E-state index contributed by atoms with van der Waals surface area (Å²) in [6.07, 6.45) is 0. The van der Waals surface area contributed by atoms with Crippen LogP contribution in [0.25, 0.3) is 10.9 Å². The highest BCUT2D eigenvalue weighted by Crippen LogP contribution is 2.32. The number of ether oxygens (including phenoxy) is 1. The van der Waals surface area contributed by atoms with Crippen LogP contribution in [0.5, 0.6) is 0 Å². The van der Waals surface area contributed by atoms with E-state index < -0.39 is 11.8 Å². The zero-order valence-corrected chi connectivity index (χ0v) is 13.5. The standard InChI is InChI=1S/C12H10FIN2O3S/c1-6(17)15-9-5-10-7(3-8(9)13)4-11(12(18)19-2)16(10)20-14/h3-5H,1-2H3,(H,15,17). The van der Waals surface area contributed by atoms with Crippen LogP contribution in [-0.4, -0.2) is 23.0 Å². The molecule has 1 aromatic carbocycles. The van der Waals surface area contributed by atoms with Crippen LogP contribution >= 0.6 is 30.3 Å². The fourth-order valence-electron chi connectivity index (χ4n) is 1.81. The highest BCUT2D eigenvalue weighted by Gasteiger charge is 2.18. The van der Waals surface area contributed by atoms with E-state index >= 15 is 0 Å². The minimum absolute atomic E-state index is 0.0752. The lowest BCUT2D eigenvalue weighted by Gasteiger charge is -2.06. The van der Waals surface area contributed by atoms with Gasteiger partial charge in [-0.25, -0.2) is 9.18 Å². The van der Waals surface area contributed by atoms with Crippen molar-refractivity contribution in [3.63, 3.8) is 0 Å². The molecule has 0 saturated heterocycles. The first-order chi connectivity index (χ1) is 9.47. The number of esters is 1. The second-order valence-electron chi connectivity index (χ2n) is 3.96. The molecule has 2 rings (SSSR count). The molecule has 5 nitrogen and oxygen atoms in total. The molecule has 0 radical (unpaired) electrons. The van der Waals surface area contributed by atoms with Crippen LogP contribution in [0.15, 0.2) is 18.2 Å². The van der Waals surface area contributed by atoms with E-state index in [4.69, 9.17) is 4.74 Å². The lowest BCUT2D eigenvalue weighted by Crippen LogP contribution is -2.08. The summed E-state index contributed by atoms with van der Waals surface area (Å²) in [5.74, 6) is -1.43. The van der Waals surface area contributed by atoms with E-state index in [1.54, 1.807) is 10.0 Å². The van der Waals surface area contributed by atoms with Gasteiger partial charge < -0.3 is 10.1 Å². The Labute approximate surface area is 130 Å². The lowest BCUT2D eigenvalue weighted by atomic mass is 10.2. The quantitative estimate of drug-likeness (QED) is 0.625. The van der Waals surface area contributed by atoms with Gasteiger partial charge in [-0.05, 0) is 18.2 Å². The summed E-state index contributed by atoms with van der Waals surface area (Å²) in [6, 6.07) is 4.31. The second kappa shape index (κ2) is 6.00. The number of halogens is 2. The van der Waals surface area contributed by atoms with E-state index in [1.165, 1.54) is 35.3 Å². The van der Waals surface area contributed by atoms with E-state index in [0.717, 1.165) is 0 Å². The molecule has 1 heterocycles. The van der Waals surface area contributed by atoms with Crippen molar-refractivity contribution in [2.24, 2.45) is 0 Å². The molecule has 1 amide bonds. The average molecular weight is 408 g/mol. The Hall–Kier alpha value is -1.29. The highest BCUT2D eigenvalue weighted by molar-refractivity contribution is 14.2. The van der Waals surface area contributed by atoms with Crippen molar-refractivity contribution in [1.82, 2.24) is 3.97 Å². The number of aromatic nitrogens is 1. The van der Waals surface area contributed by atoms with Gasteiger partial charge in [0.05, 0.1) is 18.3 Å². The predicted molar refractivity (Wildman–Crippen MR) is 84.5 cm³/mol. The third-order valence-corrected chi connectivity index (χ3v) is 4.33. The normalized spacial score (nSPS) is 10.6. The minimum Gasteiger partial charge on any atom is -0.464 e. The van der Waals surface area contributed by atoms with E-state index in [9.17, 15) is 14.0 Å². The average Bonchev–Trinajstić information content (AvgIpc) is 2.75. The molecule has 0 aliphatic heterocycles. The minimum atomic E-state index is -0.556. The van der Waals surface area contributed by atoms with Crippen LogP contribution in [0.4, 0.5) is 10.1 Å². The molecule has 2 aromatic rings. The Morgan fingerprint density at radius 3 is 2.65 bits per heavy atom. The molecule has 20 heavy (non-hydrogen) atoms. The van der Waals surface area contributed by atoms with Crippen molar-refractivity contribution in [3.8, 4) is 0 Å². The Bertz CT molecular complexity index is 702. The molecule has 0 atom stereocenters. The number of methoxy groups -OCH3 is 1. The van der Waals surface area contributed by atoms with Crippen LogP contribution < -0.4 is 5.32 Å². The summed E-state index contributed by atoms with van der Waals surface area (Å²) in [6.45, 7) is 1.30. The van der Waals surface area contributed by atoms with Gasteiger partial charge >= 0.3 is 5.97 Å². The van der Waals surface area contributed by atoms with E-state index in [-0.39, 0.29) is 11.6 Å². The zero-order chi connectivity index (χ0) is 14.9. The monoisotopic (exact) mass is 408 g/mol. The van der Waals surface area contributed by atoms with Gasteiger partial charge in [0, 0.05) is 42.6 Å². The number of nitrogens with zero attached hydrogens (tertiary/aromatic N) is 1.